The minimum atomic E-state index is -1.18. The fraction of sp³-hybridized carbons (Fsp3) is 0.478. The molecule has 3 unspecified atom stereocenters. The van der Waals surface area contributed by atoms with Gasteiger partial charge in [0.05, 0.1) is 12.6 Å². The lowest BCUT2D eigenvalue weighted by Gasteiger charge is -2.22. The summed E-state index contributed by atoms with van der Waals surface area (Å²) in [4.78, 5) is 52.1. The highest BCUT2D eigenvalue weighted by Crippen LogP contribution is 2.19. The van der Waals surface area contributed by atoms with E-state index < -0.39 is 48.4 Å². The molecule has 0 saturated heterocycles. The number of benzene rings is 1. The van der Waals surface area contributed by atoms with Gasteiger partial charge < -0.3 is 31.8 Å². The third-order valence-corrected chi connectivity index (χ3v) is 6.06. The molecule has 0 aliphatic carbocycles. The van der Waals surface area contributed by atoms with Crippen molar-refractivity contribution in [3.8, 4) is 0 Å². The van der Waals surface area contributed by atoms with Crippen molar-refractivity contribution in [2.45, 2.75) is 44.8 Å². The van der Waals surface area contributed by atoms with E-state index >= 15 is 0 Å². The van der Waals surface area contributed by atoms with Gasteiger partial charge in [0.2, 0.25) is 17.7 Å². The van der Waals surface area contributed by atoms with Gasteiger partial charge in [-0.05, 0) is 36.0 Å². The molecule has 186 valence electrons. The Kier molecular flexibility index (Phi) is 10.4. The van der Waals surface area contributed by atoms with Gasteiger partial charge in [0.25, 0.3) is 0 Å². The molecule has 2 rings (SSSR count). The minimum absolute atomic E-state index is 0.0819. The summed E-state index contributed by atoms with van der Waals surface area (Å²) < 4.78 is 0. The molecule has 3 atom stereocenters. The van der Waals surface area contributed by atoms with E-state index in [1.165, 1.54) is 11.8 Å². The van der Waals surface area contributed by atoms with Crippen LogP contribution in [-0.2, 0) is 25.6 Å². The second-order valence-electron chi connectivity index (χ2n) is 8.35. The summed E-state index contributed by atoms with van der Waals surface area (Å²) in [5, 5.41) is 18.0. The van der Waals surface area contributed by atoms with Crippen molar-refractivity contribution >= 4 is 46.4 Å². The average Bonchev–Trinajstić information content (AvgIpc) is 3.21. The van der Waals surface area contributed by atoms with Crippen LogP contribution >= 0.6 is 11.8 Å². The van der Waals surface area contributed by atoms with E-state index in [9.17, 15) is 24.3 Å². The fourth-order valence-corrected chi connectivity index (χ4v) is 3.80. The molecule has 1 aromatic heterocycles. The maximum atomic E-state index is 12.6. The van der Waals surface area contributed by atoms with Gasteiger partial charge in [-0.25, -0.2) is 4.79 Å². The SMILES string of the molecule is CSCCC(NC(=O)C(N)C(C)C)C(=O)NCC(=O)NC(Cc1c[nH]c2ccccc12)C(=O)O. The number of H-pyrrole nitrogens is 1. The molecule has 2 aromatic rings. The number of nitrogens with one attached hydrogen (secondary N) is 4. The first-order valence-electron chi connectivity index (χ1n) is 11.0. The Labute approximate surface area is 202 Å². The molecular weight excluding hydrogens is 458 g/mol. The summed E-state index contributed by atoms with van der Waals surface area (Å²) in [6.45, 7) is 3.19. The van der Waals surface area contributed by atoms with Crippen LogP contribution in [-0.4, -0.2) is 70.5 Å². The lowest BCUT2D eigenvalue weighted by molar-refractivity contribution is -0.141. The number of carboxylic acid groups (broad SMARTS) is 1. The van der Waals surface area contributed by atoms with Gasteiger partial charge >= 0.3 is 5.97 Å². The molecule has 1 heterocycles. The molecular formula is C23H33N5O5S. The standard InChI is InChI=1S/C23H33N5O5S/c1-13(2)20(24)22(31)28-17(8-9-34-3)21(30)26-12-19(29)27-18(23(32)33)10-14-11-25-16-7-5-4-6-15(14)16/h4-7,11,13,17-18,20,25H,8-10,12,24H2,1-3H3,(H,26,30)(H,27,29)(H,28,31)(H,32,33). The number of para-hydroxylation sites is 1. The van der Waals surface area contributed by atoms with Gasteiger partial charge in [0.15, 0.2) is 0 Å². The van der Waals surface area contributed by atoms with Crippen molar-refractivity contribution < 1.29 is 24.3 Å². The Morgan fingerprint density at radius 1 is 1.09 bits per heavy atom. The van der Waals surface area contributed by atoms with Crippen LogP contribution in [0.25, 0.3) is 10.9 Å². The van der Waals surface area contributed by atoms with Crippen LogP contribution in [0.15, 0.2) is 30.5 Å². The number of carboxylic acids is 1. The number of fused-ring (bicyclic) bond motifs is 1. The lowest BCUT2D eigenvalue weighted by atomic mass is 10.0. The summed E-state index contributed by atoms with van der Waals surface area (Å²) in [6.07, 6.45) is 4.04. The van der Waals surface area contributed by atoms with Crippen molar-refractivity contribution in [2.24, 2.45) is 11.7 Å². The van der Waals surface area contributed by atoms with Crippen LogP contribution < -0.4 is 21.7 Å². The summed E-state index contributed by atoms with van der Waals surface area (Å²) in [5.41, 5.74) is 7.49. The highest BCUT2D eigenvalue weighted by molar-refractivity contribution is 7.98. The zero-order chi connectivity index (χ0) is 25.3. The highest BCUT2D eigenvalue weighted by atomic mass is 32.2. The quantitative estimate of drug-likeness (QED) is 0.239. The Bertz CT molecular complexity index is 1010. The number of carbonyl (C=O) groups excluding carboxylic acids is 3. The first kappa shape index (κ1) is 27.2. The Morgan fingerprint density at radius 3 is 2.44 bits per heavy atom. The van der Waals surface area contributed by atoms with E-state index in [1.807, 2.05) is 30.5 Å². The summed E-state index contributed by atoms with van der Waals surface area (Å²) in [5.74, 6) is -2.28. The molecule has 0 aliphatic heterocycles. The highest BCUT2D eigenvalue weighted by Gasteiger charge is 2.26. The largest absolute Gasteiger partial charge is 0.480 e. The Morgan fingerprint density at radius 2 is 1.79 bits per heavy atom. The molecule has 7 N–H and O–H groups in total. The number of thioether (sulfide) groups is 1. The van der Waals surface area contributed by atoms with Gasteiger partial charge in [0, 0.05) is 23.5 Å². The first-order chi connectivity index (χ1) is 16.1. The molecule has 0 radical (unpaired) electrons. The molecule has 10 nitrogen and oxygen atoms in total. The lowest BCUT2D eigenvalue weighted by Crippen LogP contribution is -2.54. The minimum Gasteiger partial charge on any atom is -0.480 e. The van der Waals surface area contributed by atoms with Crippen molar-refractivity contribution in [1.82, 2.24) is 20.9 Å². The number of aromatic nitrogens is 1. The molecule has 34 heavy (non-hydrogen) atoms. The smallest absolute Gasteiger partial charge is 0.326 e. The van der Waals surface area contributed by atoms with Crippen LogP contribution in [0.4, 0.5) is 0 Å². The monoisotopic (exact) mass is 491 g/mol. The van der Waals surface area contributed by atoms with Crippen molar-refractivity contribution in [3.05, 3.63) is 36.0 Å². The number of hydrogen-bond acceptors (Lipinski definition) is 6. The molecule has 0 fully saturated rings. The number of nitrogens with two attached hydrogens (primary N) is 1. The zero-order valence-electron chi connectivity index (χ0n) is 19.6. The number of hydrogen-bond donors (Lipinski definition) is 6. The number of carbonyl (C=O) groups is 4. The molecule has 0 bridgehead atoms. The van der Waals surface area contributed by atoms with Gasteiger partial charge in [-0.15, -0.1) is 0 Å². The number of amides is 3. The maximum Gasteiger partial charge on any atom is 0.326 e. The van der Waals surface area contributed by atoms with Crippen molar-refractivity contribution in [1.29, 1.82) is 0 Å². The van der Waals surface area contributed by atoms with Crippen LogP contribution in [0.2, 0.25) is 0 Å². The number of rotatable bonds is 13. The maximum absolute atomic E-state index is 12.6. The second kappa shape index (κ2) is 13.0. The van der Waals surface area contributed by atoms with E-state index in [1.54, 1.807) is 20.0 Å². The van der Waals surface area contributed by atoms with Crippen molar-refractivity contribution in [3.63, 3.8) is 0 Å². The summed E-state index contributed by atoms with van der Waals surface area (Å²) in [7, 11) is 0. The third kappa shape index (κ3) is 7.77. The van der Waals surface area contributed by atoms with E-state index in [0.717, 1.165) is 16.5 Å². The van der Waals surface area contributed by atoms with E-state index in [4.69, 9.17) is 5.73 Å². The molecule has 0 aliphatic rings. The van der Waals surface area contributed by atoms with Crippen LogP contribution in [0.5, 0.6) is 0 Å². The predicted octanol–water partition coefficient (Wildman–Crippen LogP) is 0.617. The molecule has 1 aromatic carbocycles. The van der Waals surface area contributed by atoms with Gasteiger partial charge in [0.1, 0.15) is 12.1 Å². The normalized spacial score (nSPS) is 13.8. The molecule has 11 heteroatoms. The van der Waals surface area contributed by atoms with Gasteiger partial charge in [-0.2, -0.15) is 11.8 Å². The van der Waals surface area contributed by atoms with Gasteiger partial charge in [-0.3, -0.25) is 14.4 Å². The fourth-order valence-electron chi connectivity index (χ4n) is 3.33. The van der Waals surface area contributed by atoms with Crippen LogP contribution in [0, 0.1) is 5.92 Å². The summed E-state index contributed by atoms with van der Waals surface area (Å²) in [6, 6.07) is 4.70. The second-order valence-corrected chi connectivity index (χ2v) is 9.34. The predicted molar refractivity (Wildman–Crippen MR) is 132 cm³/mol. The summed E-state index contributed by atoms with van der Waals surface area (Å²) >= 11 is 1.52. The Hall–Kier alpha value is -3.05. The molecule has 0 saturated carbocycles. The van der Waals surface area contributed by atoms with Crippen molar-refractivity contribution in [2.75, 3.05) is 18.6 Å². The van der Waals surface area contributed by atoms with E-state index in [0.29, 0.717) is 12.2 Å². The van der Waals surface area contributed by atoms with E-state index in [-0.39, 0.29) is 12.3 Å². The van der Waals surface area contributed by atoms with E-state index in [2.05, 4.69) is 20.9 Å². The zero-order valence-corrected chi connectivity index (χ0v) is 20.4. The van der Waals surface area contributed by atoms with Crippen LogP contribution in [0.3, 0.4) is 0 Å². The average molecular weight is 492 g/mol. The third-order valence-electron chi connectivity index (χ3n) is 5.42. The number of aromatic amines is 1. The first-order valence-corrected chi connectivity index (χ1v) is 12.4. The van der Waals surface area contributed by atoms with Gasteiger partial charge in [-0.1, -0.05) is 32.0 Å². The molecule has 3 amide bonds. The number of aliphatic carboxylic acids is 1. The Balaban J connectivity index is 1.95. The topological polar surface area (TPSA) is 166 Å². The molecule has 0 spiro atoms. The van der Waals surface area contributed by atoms with Crippen LogP contribution in [0.1, 0.15) is 25.8 Å².